The number of hydrogen-bond donors (Lipinski definition) is 6. The van der Waals surface area contributed by atoms with E-state index in [1.54, 1.807) is 12.4 Å². The molecular weight excluding hydrogens is 789 g/mol. The summed E-state index contributed by atoms with van der Waals surface area (Å²) in [6.45, 7) is 11.6. The van der Waals surface area contributed by atoms with E-state index >= 15 is 0 Å². The minimum absolute atomic E-state index is 0.713. The van der Waals surface area contributed by atoms with Crippen molar-refractivity contribution in [3.63, 3.8) is 0 Å². The highest BCUT2D eigenvalue weighted by Crippen LogP contribution is 2.17. The smallest absolute Gasteiger partial charge is 0.121 e. The quantitative estimate of drug-likeness (QED) is 0.0355. The molecule has 0 saturated carbocycles. The Labute approximate surface area is 368 Å². The number of likely N-dealkylation sites (N-methyl/N-ethyl adjacent to an activating group) is 1. The van der Waals surface area contributed by atoms with Gasteiger partial charge in [0.1, 0.15) is 34.9 Å². The molecular formula is C47H60N16. The summed E-state index contributed by atoms with van der Waals surface area (Å²) in [7, 11) is 2.13. The van der Waals surface area contributed by atoms with Crippen LogP contribution < -0.4 is 0 Å². The fraction of sp³-hybridized carbons (Fsp3) is 0.362. The number of benzene rings is 3. The first kappa shape index (κ1) is 43.2. The van der Waals surface area contributed by atoms with Gasteiger partial charge in [-0.2, -0.15) is 0 Å². The Kier molecular flexibility index (Phi) is 15.1. The van der Waals surface area contributed by atoms with E-state index in [4.69, 9.17) is 15.0 Å². The fourth-order valence-corrected chi connectivity index (χ4v) is 7.84. The molecule has 0 unspecified atom stereocenters. The van der Waals surface area contributed by atoms with Crippen molar-refractivity contribution in [1.82, 2.24) is 79.4 Å². The fourth-order valence-electron chi connectivity index (χ4n) is 7.84. The van der Waals surface area contributed by atoms with Gasteiger partial charge in [0, 0.05) is 63.4 Å². The van der Waals surface area contributed by atoms with Crippen LogP contribution in [-0.4, -0.2) is 119 Å². The van der Waals surface area contributed by atoms with Gasteiger partial charge in [-0.15, -0.1) is 0 Å². The van der Waals surface area contributed by atoms with Crippen molar-refractivity contribution in [2.45, 2.75) is 71.9 Å². The van der Waals surface area contributed by atoms with Gasteiger partial charge in [0.05, 0.1) is 72.4 Å². The van der Waals surface area contributed by atoms with E-state index in [-0.39, 0.29) is 0 Å². The Balaban J connectivity index is 0.000000178. The molecule has 0 aliphatic heterocycles. The predicted octanol–water partition coefficient (Wildman–Crippen LogP) is 7.39. The van der Waals surface area contributed by atoms with Crippen LogP contribution in [0.15, 0.2) is 110 Å². The number of para-hydroxylation sites is 6. The van der Waals surface area contributed by atoms with Gasteiger partial charge in [0.15, 0.2) is 0 Å². The van der Waals surface area contributed by atoms with Gasteiger partial charge in [-0.25, -0.2) is 29.9 Å². The maximum Gasteiger partial charge on any atom is 0.121 e. The van der Waals surface area contributed by atoms with Crippen molar-refractivity contribution >= 4 is 33.1 Å². The second kappa shape index (κ2) is 22.1. The Bertz CT molecular complexity index is 2430. The van der Waals surface area contributed by atoms with Crippen LogP contribution in [0.3, 0.4) is 0 Å². The number of unbranched alkanes of at least 4 members (excludes halogenated alkanes) is 3. The van der Waals surface area contributed by atoms with Gasteiger partial charge in [0.2, 0.25) is 0 Å². The second-order valence-electron chi connectivity index (χ2n) is 16.2. The van der Waals surface area contributed by atoms with E-state index < -0.39 is 0 Å². The molecule has 9 aromatic rings. The lowest BCUT2D eigenvalue weighted by Gasteiger charge is -2.26. The number of aromatic amines is 6. The van der Waals surface area contributed by atoms with Crippen LogP contribution >= 0.6 is 0 Å². The van der Waals surface area contributed by atoms with E-state index in [9.17, 15) is 0 Å². The average Bonchev–Trinajstić information content (AvgIpc) is 4.16. The van der Waals surface area contributed by atoms with Crippen LogP contribution in [0.1, 0.15) is 67.6 Å². The van der Waals surface area contributed by atoms with Crippen molar-refractivity contribution in [1.29, 1.82) is 0 Å². The number of rotatable bonds is 23. The van der Waals surface area contributed by atoms with Gasteiger partial charge in [-0.05, 0) is 56.4 Å². The molecule has 0 aliphatic rings. The third-order valence-corrected chi connectivity index (χ3v) is 11.1. The second-order valence-corrected chi connectivity index (χ2v) is 16.2. The molecule has 63 heavy (non-hydrogen) atoms. The molecule has 16 heteroatoms. The van der Waals surface area contributed by atoms with E-state index in [1.807, 2.05) is 79.4 Å². The molecule has 6 heterocycles. The highest BCUT2D eigenvalue weighted by Gasteiger charge is 2.16. The summed E-state index contributed by atoms with van der Waals surface area (Å²) >= 11 is 0. The molecule has 328 valence electrons. The minimum atomic E-state index is 0.713. The number of nitrogens with one attached hydrogen (secondary N) is 6. The number of H-pyrrole nitrogens is 6. The summed E-state index contributed by atoms with van der Waals surface area (Å²) < 4.78 is 0. The number of aromatic nitrogens is 12. The SMILES string of the molecule is CCCCCCN(CCN(Cc1ncc[nH]1)Cc1ncc[nH]1)Cc1ncc[nH]1.CN(CCN(Cc1nc2ccccc2[nH]1)Cc1nc2ccccc2[nH]1)Cc1nc2ccccc2[nH]1. The van der Waals surface area contributed by atoms with Gasteiger partial charge < -0.3 is 29.9 Å². The Hall–Kier alpha value is -6.46. The third-order valence-electron chi connectivity index (χ3n) is 11.1. The first-order valence-electron chi connectivity index (χ1n) is 22.1. The Morgan fingerprint density at radius 3 is 1.24 bits per heavy atom. The Morgan fingerprint density at radius 1 is 0.413 bits per heavy atom. The van der Waals surface area contributed by atoms with Crippen LogP contribution in [0.4, 0.5) is 0 Å². The van der Waals surface area contributed by atoms with Gasteiger partial charge in [-0.1, -0.05) is 62.6 Å². The highest BCUT2D eigenvalue weighted by molar-refractivity contribution is 5.76. The third kappa shape index (κ3) is 12.8. The lowest BCUT2D eigenvalue weighted by Crippen LogP contribution is -2.35. The van der Waals surface area contributed by atoms with Gasteiger partial charge in [0.25, 0.3) is 0 Å². The molecule has 16 nitrogen and oxygen atoms in total. The average molecular weight is 849 g/mol. The number of fused-ring (bicyclic) bond motifs is 3. The zero-order valence-corrected chi connectivity index (χ0v) is 36.5. The first-order chi connectivity index (χ1) is 31.0. The molecule has 0 radical (unpaired) electrons. The van der Waals surface area contributed by atoms with E-state index in [2.05, 4.69) is 96.6 Å². The first-order valence-corrected chi connectivity index (χ1v) is 22.1. The normalized spacial score (nSPS) is 11.9. The predicted molar refractivity (Wildman–Crippen MR) is 248 cm³/mol. The molecule has 0 atom stereocenters. The van der Waals surface area contributed by atoms with Crippen molar-refractivity contribution in [3.05, 3.63) is 145 Å². The highest BCUT2D eigenvalue weighted by atomic mass is 15.2. The van der Waals surface area contributed by atoms with Crippen LogP contribution in [0.2, 0.25) is 0 Å². The summed E-state index contributed by atoms with van der Waals surface area (Å²) in [6, 6.07) is 24.5. The zero-order chi connectivity index (χ0) is 43.1. The van der Waals surface area contributed by atoms with Crippen LogP contribution in [0, 0.1) is 0 Å². The summed E-state index contributed by atoms with van der Waals surface area (Å²) in [5.41, 5.74) is 6.20. The largest absolute Gasteiger partial charge is 0.348 e. The van der Waals surface area contributed by atoms with E-state index in [0.717, 1.165) is 127 Å². The molecule has 0 saturated heterocycles. The van der Waals surface area contributed by atoms with Crippen LogP contribution in [-0.2, 0) is 39.3 Å². The molecule has 0 spiro atoms. The molecule has 0 aliphatic carbocycles. The molecule has 3 aromatic carbocycles. The summed E-state index contributed by atoms with van der Waals surface area (Å²) in [5.74, 6) is 5.89. The molecule has 0 amide bonds. The van der Waals surface area contributed by atoms with Gasteiger partial charge >= 0.3 is 0 Å². The maximum absolute atomic E-state index is 4.80. The topological polar surface area (TPSA) is 185 Å². The molecule has 6 N–H and O–H groups in total. The number of hydrogen-bond acceptors (Lipinski definition) is 10. The number of nitrogens with zero attached hydrogens (tertiary/aromatic N) is 10. The summed E-state index contributed by atoms with van der Waals surface area (Å²) in [5, 5.41) is 0. The standard InChI is InChI=1S/C27H28N8.C20H32N8/c1-34(16-25-28-19-8-2-3-9-20(19)29-25)14-15-35(17-26-30-21-10-4-5-11-22(21)31-26)18-27-32-23-12-6-7-13-24(23)33-27;1-2-3-4-5-12-27(15-18-21-6-7-22-18)13-14-28(16-19-23-8-9-24-19)17-20-25-10-11-26-20/h2-13H,14-18H2,1H3,(H,28,29)(H,30,31)(H,32,33);6-11H,2-5,12-17H2,1H3,(H,21,22)(H,23,24)(H,25,26). The Morgan fingerprint density at radius 2 is 0.810 bits per heavy atom. The van der Waals surface area contributed by atoms with E-state index in [1.165, 1.54) is 25.7 Å². The van der Waals surface area contributed by atoms with E-state index in [0.29, 0.717) is 13.1 Å². The van der Waals surface area contributed by atoms with Gasteiger partial charge in [-0.3, -0.25) is 19.6 Å². The zero-order valence-electron chi connectivity index (χ0n) is 36.5. The maximum atomic E-state index is 4.80. The molecule has 6 aromatic heterocycles. The minimum Gasteiger partial charge on any atom is -0.348 e. The van der Waals surface area contributed by atoms with Crippen molar-refractivity contribution in [2.75, 3.05) is 39.8 Å². The molecule has 0 bridgehead atoms. The molecule has 9 rings (SSSR count). The lowest BCUT2D eigenvalue weighted by molar-refractivity contribution is 0.178. The summed E-state index contributed by atoms with van der Waals surface area (Å²) in [6.07, 6.45) is 16.1. The summed E-state index contributed by atoms with van der Waals surface area (Å²) in [4.78, 5) is 57.1. The van der Waals surface area contributed by atoms with Crippen molar-refractivity contribution in [2.24, 2.45) is 0 Å². The van der Waals surface area contributed by atoms with Crippen molar-refractivity contribution in [3.8, 4) is 0 Å². The van der Waals surface area contributed by atoms with Crippen LogP contribution in [0.25, 0.3) is 33.1 Å². The number of imidazole rings is 6. The van der Waals surface area contributed by atoms with Crippen molar-refractivity contribution < 1.29 is 0 Å². The lowest BCUT2D eigenvalue weighted by atomic mass is 10.2. The van der Waals surface area contributed by atoms with Crippen LogP contribution in [0.5, 0.6) is 0 Å². The monoisotopic (exact) mass is 849 g/mol. The molecule has 0 fully saturated rings.